The van der Waals surface area contributed by atoms with E-state index in [2.05, 4.69) is 22.0 Å². The van der Waals surface area contributed by atoms with Crippen molar-refractivity contribution in [3.63, 3.8) is 0 Å². The predicted molar refractivity (Wildman–Crippen MR) is 130 cm³/mol. The third-order valence-corrected chi connectivity index (χ3v) is 6.68. The molecule has 2 aliphatic rings. The van der Waals surface area contributed by atoms with Crippen LogP contribution in [-0.4, -0.2) is 46.1 Å². The Labute approximate surface area is 197 Å². The maximum atomic E-state index is 11.4. The minimum Gasteiger partial charge on any atom is -0.481 e. The van der Waals surface area contributed by atoms with Gasteiger partial charge in [-0.1, -0.05) is 18.6 Å². The molecule has 1 aliphatic carbocycles. The van der Waals surface area contributed by atoms with Gasteiger partial charge in [-0.25, -0.2) is 4.98 Å². The summed E-state index contributed by atoms with van der Waals surface area (Å²) in [6.45, 7) is 1.92. The third kappa shape index (κ3) is 6.23. The summed E-state index contributed by atoms with van der Waals surface area (Å²) in [5, 5.41) is 9.36. The lowest BCUT2D eigenvalue weighted by molar-refractivity contribution is -0.139. The normalized spacial score (nSPS) is 17.0. The highest BCUT2D eigenvalue weighted by molar-refractivity contribution is 7.59. The van der Waals surface area contributed by atoms with Crippen LogP contribution in [-0.2, 0) is 24.1 Å². The summed E-state index contributed by atoms with van der Waals surface area (Å²) in [7, 11) is 1.58. The van der Waals surface area contributed by atoms with Gasteiger partial charge in [0, 0.05) is 42.8 Å². The smallest absolute Gasteiger partial charge is 0.305 e. The quantitative estimate of drug-likeness (QED) is 0.535. The fourth-order valence-corrected chi connectivity index (χ4v) is 4.89. The lowest BCUT2D eigenvalue weighted by Gasteiger charge is -2.44. The molecule has 32 heavy (non-hydrogen) atoms. The van der Waals surface area contributed by atoms with Gasteiger partial charge in [0.05, 0.1) is 13.5 Å². The number of hydrogen-bond acceptors (Lipinski definition) is 5. The molecule has 0 saturated carbocycles. The Balaban J connectivity index is 0.00000289. The van der Waals surface area contributed by atoms with Gasteiger partial charge in [0.2, 0.25) is 5.88 Å². The molecular formula is C25H35N3O3S. The number of carboxylic acid groups (broad SMARTS) is 1. The number of carboxylic acids is 1. The van der Waals surface area contributed by atoms with Gasteiger partial charge in [-0.2, -0.15) is 13.5 Å². The van der Waals surface area contributed by atoms with Crippen LogP contribution >= 0.6 is 13.5 Å². The number of aryl methyl sites for hydroxylation is 3. The third-order valence-electron chi connectivity index (χ3n) is 6.68. The van der Waals surface area contributed by atoms with Crippen molar-refractivity contribution in [2.45, 2.75) is 63.8 Å². The summed E-state index contributed by atoms with van der Waals surface area (Å²) in [5.74, 6) is 0.425. The number of aliphatic carboxylic acids is 1. The number of unbranched alkanes of at least 4 members (excludes halogenated alkanes) is 1. The van der Waals surface area contributed by atoms with E-state index in [9.17, 15) is 9.90 Å². The van der Waals surface area contributed by atoms with Crippen LogP contribution in [0.4, 0.5) is 0 Å². The second-order valence-corrected chi connectivity index (χ2v) is 8.93. The molecular weight excluding hydrogens is 422 g/mol. The van der Waals surface area contributed by atoms with Crippen LogP contribution in [0.25, 0.3) is 0 Å². The molecule has 6 nitrogen and oxygen atoms in total. The molecule has 0 spiro atoms. The van der Waals surface area contributed by atoms with Crippen LogP contribution in [0.3, 0.4) is 0 Å². The van der Waals surface area contributed by atoms with Gasteiger partial charge in [0.1, 0.15) is 0 Å². The highest BCUT2D eigenvalue weighted by Gasteiger charge is 2.34. The molecule has 0 bridgehead atoms. The zero-order valence-corrected chi connectivity index (χ0v) is 19.9. The zero-order valence-electron chi connectivity index (χ0n) is 18.9. The molecule has 1 atom stereocenters. The van der Waals surface area contributed by atoms with Crippen molar-refractivity contribution in [3.8, 4) is 5.88 Å². The number of likely N-dealkylation sites (tertiary alicyclic amines) is 1. The summed E-state index contributed by atoms with van der Waals surface area (Å²) in [6, 6.07) is 8.12. The van der Waals surface area contributed by atoms with Crippen molar-refractivity contribution in [1.82, 2.24) is 14.9 Å². The van der Waals surface area contributed by atoms with Gasteiger partial charge in [-0.15, -0.1) is 0 Å². The van der Waals surface area contributed by atoms with Crippen LogP contribution in [0.5, 0.6) is 5.88 Å². The van der Waals surface area contributed by atoms with Gasteiger partial charge in [0.25, 0.3) is 0 Å². The first-order valence-corrected chi connectivity index (χ1v) is 11.6. The summed E-state index contributed by atoms with van der Waals surface area (Å²) < 4.78 is 5.12. The molecule has 0 unspecified atom stereocenters. The Morgan fingerprint density at radius 1 is 1.19 bits per heavy atom. The Kier molecular flexibility index (Phi) is 8.93. The van der Waals surface area contributed by atoms with Gasteiger partial charge < -0.3 is 9.84 Å². The van der Waals surface area contributed by atoms with Crippen LogP contribution in [0, 0.1) is 5.92 Å². The van der Waals surface area contributed by atoms with E-state index in [4.69, 9.17) is 9.72 Å². The van der Waals surface area contributed by atoms with E-state index in [1.54, 1.807) is 19.4 Å². The molecule has 0 aromatic carbocycles. The number of nitrogens with zero attached hydrogens (tertiary/aromatic N) is 3. The average molecular weight is 458 g/mol. The molecule has 1 fully saturated rings. The van der Waals surface area contributed by atoms with E-state index in [-0.39, 0.29) is 26.0 Å². The largest absolute Gasteiger partial charge is 0.481 e. The van der Waals surface area contributed by atoms with E-state index in [0.29, 0.717) is 11.8 Å². The second kappa shape index (κ2) is 11.7. The van der Waals surface area contributed by atoms with Crippen molar-refractivity contribution in [2.75, 3.05) is 20.2 Å². The van der Waals surface area contributed by atoms with Crippen molar-refractivity contribution < 1.29 is 14.6 Å². The maximum Gasteiger partial charge on any atom is 0.305 e. The van der Waals surface area contributed by atoms with Crippen LogP contribution < -0.4 is 4.74 Å². The lowest BCUT2D eigenvalue weighted by atomic mass is 9.89. The topological polar surface area (TPSA) is 75.6 Å². The molecule has 3 heterocycles. The number of carbonyl (C=O) groups is 1. The van der Waals surface area contributed by atoms with E-state index < -0.39 is 5.97 Å². The maximum absolute atomic E-state index is 11.4. The number of fused-ring (bicyclic) bond motifs is 1. The van der Waals surface area contributed by atoms with Crippen LogP contribution in [0.2, 0.25) is 0 Å². The molecule has 0 amide bonds. The molecule has 174 valence electrons. The number of ether oxygens (including phenoxy) is 1. The molecule has 1 aliphatic heterocycles. The molecule has 0 radical (unpaired) electrons. The fraction of sp³-hybridized carbons (Fsp3) is 0.560. The Morgan fingerprint density at radius 2 is 2.00 bits per heavy atom. The number of pyridine rings is 2. The summed E-state index contributed by atoms with van der Waals surface area (Å²) in [4.78, 5) is 22.8. The fourth-order valence-electron chi connectivity index (χ4n) is 4.89. The number of methoxy groups -OCH3 is 1. The Hall–Kier alpha value is -2.12. The first-order valence-electron chi connectivity index (χ1n) is 11.6. The van der Waals surface area contributed by atoms with E-state index in [1.807, 2.05) is 6.07 Å². The first-order chi connectivity index (χ1) is 15.1. The Morgan fingerprint density at radius 3 is 2.72 bits per heavy atom. The average Bonchev–Trinajstić information content (AvgIpc) is 2.76. The van der Waals surface area contributed by atoms with Gasteiger partial charge in [-0.3, -0.25) is 14.7 Å². The molecule has 7 heteroatoms. The van der Waals surface area contributed by atoms with Gasteiger partial charge >= 0.3 is 5.97 Å². The van der Waals surface area contributed by atoms with Gasteiger partial charge in [-0.05, 0) is 68.1 Å². The summed E-state index contributed by atoms with van der Waals surface area (Å²) >= 11 is 0. The number of rotatable bonds is 10. The Bertz CT molecular complexity index is 885. The predicted octanol–water partition coefficient (Wildman–Crippen LogP) is 4.34. The standard InChI is InChI=1S/C25H33N3O3.H2S/c1-31-24-13-11-20(15-26-24)23(14-25(29)30)28-16-18(17-28)6-2-4-8-21-12-10-19-7-3-5-9-22(19)27-21;/h10-13,15,18,23H,2-9,14,16-17H2,1H3,(H,29,30);1H2/t23-;/m0./s1. The van der Waals surface area contributed by atoms with Crippen molar-refractivity contribution in [3.05, 3.63) is 53.0 Å². The molecule has 2 aromatic heterocycles. The van der Waals surface area contributed by atoms with Crippen molar-refractivity contribution >= 4 is 19.5 Å². The van der Waals surface area contributed by atoms with E-state index in [0.717, 1.165) is 31.5 Å². The molecule has 1 saturated heterocycles. The second-order valence-electron chi connectivity index (χ2n) is 8.93. The van der Waals surface area contributed by atoms with Crippen molar-refractivity contribution in [2.24, 2.45) is 5.92 Å². The SMILES string of the molecule is COc1ccc([C@H](CC(=O)O)N2CC(CCCCc3ccc4c(n3)CCCC4)C2)cn1.S. The highest BCUT2D eigenvalue weighted by atomic mass is 32.1. The minimum absolute atomic E-state index is 0. The first kappa shape index (κ1) is 24.5. The van der Waals surface area contributed by atoms with E-state index in [1.165, 1.54) is 55.5 Å². The monoisotopic (exact) mass is 457 g/mol. The molecule has 1 N–H and O–H groups in total. The summed E-state index contributed by atoms with van der Waals surface area (Å²) in [5.41, 5.74) is 4.97. The zero-order chi connectivity index (χ0) is 21.6. The highest BCUT2D eigenvalue weighted by Crippen LogP contribution is 2.33. The minimum atomic E-state index is -0.776. The molecule has 4 rings (SSSR count). The lowest BCUT2D eigenvalue weighted by Crippen LogP contribution is -2.48. The number of aromatic nitrogens is 2. The van der Waals surface area contributed by atoms with Crippen molar-refractivity contribution in [1.29, 1.82) is 0 Å². The molecule has 2 aromatic rings. The van der Waals surface area contributed by atoms with Gasteiger partial charge in [0.15, 0.2) is 0 Å². The van der Waals surface area contributed by atoms with Crippen LogP contribution in [0.1, 0.15) is 67.1 Å². The van der Waals surface area contributed by atoms with Crippen LogP contribution in [0.15, 0.2) is 30.5 Å². The summed E-state index contributed by atoms with van der Waals surface area (Å²) in [6.07, 6.45) is 11.4. The number of hydrogen-bond donors (Lipinski definition) is 1. The van der Waals surface area contributed by atoms with E-state index >= 15 is 0 Å².